The molecule has 0 fully saturated rings. The van der Waals surface area contributed by atoms with Crippen LogP contribution in [0.15, 0.2) is 5.70 Å². The van der Waals surface area contributed by atoms with E-state index in [4.69, 9.17) is 0 Å². The maximum Gasteiger partial charge on any atom is 0.0554 e. The molecule has 0 aliphatic carbocycles. The van der Waals surface area contributed by atoms with Crippen molar-refractivity contribution >= 4 is 14.9 Å². The molecule has 0 saturated carbocycles. The van der Waals surface area contributed by atoms with Gasteiger partial charge in [0.05, 0.1) is 8.80 Å². The van der Waals surface area contributed by atoms with Gasteiger partial charge in [-0.3, -0.25) is 0 Å². The standard InChI is InChI=1S/C15H24Si/c1-10-11(2)13(4)15(8-9-16(6)7)14(5)12(10)3/h8-9,16H,1-7H3. The van der Waals surface area contributed by atoms with Crippen LogP contribution in [0.4, 0.5) is 0 Å². The summed E-state index contributed by atoms with van der Waals surface area (Å²) in [6.45, 7) is 15.9. The van der Waals surface area contributed by atoms with Gasteiger partial charge in [0.1, 0.15) is 0 Å². The summed E-state index contributed by atoms with van der Waals surface area (Å²) in [6.07, 6.45) is 2.35. The number of rotatable bonds is 2. The van der Waals surface area contributed by atoms with Crippen LogP contribution in [0.5, 0.6) is 0 Å². The Morgan fingerprint density at radius 2 is 1.06 bits per heavy atom. The van der Waals surface area contributed by atoms with Gasteiger partial charge in [0.25, 0.3) is 0 Å². The molecule has 0 amide bonds. The molecule has 1 aromatic rings. The van der Waals surface area contributed by atoms with Gasteiger partial charge in [0.2, 0.25) is 0 Å². The van der Waals surface area contributed by atoms with Crippen LogP contribution in [0.3, 0.4) is 0 Å². The smallest absolute Gasteiger partial charge is 0.0554 e. The highest BCUT2D eigenvalue weighted by Gasteiger charge is 2.09. The van der Waals surface area contributed by atoms with Gasteiger partial charge in [-0.25, -0.2) is 0 Å². The lowest BCUT2D eigenvalue weighted by Crippen LogP contribution is -2.00. The van der Waals surface area contributed by atoms with E-state index in [-0.39, 0.29) is 0 Å². The van der Waals surface area contributed by atoms with E-state index in [0.29, 0.717) is 0 Å². The summed E-state index contributed by atoms with van der Waals surface area (Å²) in [5.74, 6) is 0. The molecule has 16 heavy (non-hydrogen) atoms. The quantitative estimate of drug-likeness (QED) is 0.668. The molecule has 0 N–H and O–H groups in total. The van der Waals surface area contributed by atoms with E-state index in [1.165, 1.54) is 33.4 Å². The first-order valence-electron chi connectivity index (χ1n) is 6.11. The zero-order chi connectivity index (χ0) is 12.5. The Kier molecular flexibility index (Phi) is 4.14. The third-order valence-corrected chi connectivity index (χ3v) is 4.67. The highest BCUT2D eigenvalue weighted by molar-refractivity contribution is 6.62. The highest BCUT2D eigenvalue weighted by atomic mass is 28.3. The molecule has 0 radical (unpaired) electrons. The Morgan fingerprint density at radius 1 is 0.688 bits per heavy atom. The molecule has 0 nitrogen and oxygen atoms in total. The first-order valence-corrected chi connectivity index (χ1v) is 9.09. The molecule has 1 rings (SSSR count). The topological polar surface area (TPSA) is 0 Å². The van der Waals surface area contributed by atoms with Gasteiger partial charge in [-0.1, -0.05) is 24.9 Å². The van der Waals surface area contributed by atoms with Crippen molar-refractivity contribution in [2.24, 2.45) is 0 Å². The first kappa shape index (κ1) is 13.2. The fourth-order valence-electron chi connectivity index (χ4n) is 2.07. The lowest BCUT2D eigenvalue weighted by atomic mass is 9.90. The Labute approximate surface area is 102 Å². The Hall–Kier alpha value is -0.823. The Bertz CT molecular complexity index is 397. The monoisotopic (exact) mass is 232 g/mol. The van der Waals surface area contributed by atoms with Crippen molar-refractivity contribution in [1.82, 2.24) is 0 Å². The Balaban J connectivity index is 3.40. The molecule has 0 aromatic heterocycles. The summed E-state index contributed by atoms with van der Waals surface area (Å²) in [7, 11) is -0.606. The molecule has 0 bridgehead atoms. The molecule has 0 saturated heterocycles. The minimum atomic E-state index is -0.606. The Morgan fingerprint density at radius 3 is 1.44 bits per heavy atom. The first-order chi connectivity index (χ1) is 7.36. The average Bonchev–Trinajstić information content (AvgIpc) is 2.23. The summed E-state index contributed by atoms with van der Waals surface area (Å²) in [6, 6.07) is 0. The third kappa shape index (κ3) is 2.46. The van der Waals surface area contributed by atoms with Crippen molar-refractivity contribution in [2.45, 2.75) is 47.7 Å². The van der Waals surface area contributed by atoms with E-state index in [9.17, 15) is 0 Å². The van der Waals surface area contributed by atoms with Gasteiger partial charge in [0, 0.05) is 0 Å². The minimum Gasteiger partial charge on any atom is -0.0976 e. The maximum absolute atomic E-state index is 2.42. The summed E-state index contributed by atoms with van der Waals surface area (Å²) in [5, 5.41) is 0. The molecule has 1 aromatic carbocycles. The number of hydrogen-bond donors (Lipinski definition) is 0. The average molecular weight is 232 g/mol. The zero-order valence-corrected chi connectivity index (χ0v) is 12.9. The molecule has 1 heteroatoms. The summed E-state index contributed by atoms with van der Waals surface area (Å²) in [4.78, 5) is 0. The predicted octanol–water partition coefficient (Wildman–Crippen LogP) is 4.27. The molecule has 0 spiro atoms. The SMILES string of the molecule is Cc1c(C)c(C)c(C=C[SiH](C)C)c(C)c1C. The zero-order valence-electron chi connectivity index (χ0n) is 11.7. The summed E-state index contributed by atoms with van der Waals surface area (Å²) in [5.41, 5.74) is 11.1. The summed E-state index contributed by atoms with van der Waals surface area (Å²) < 4.78 is 0. The number of hydrogen-bond acceptors (Lipinski definition) is 0. The van der Waals surface area contributed by atoms with Gasteiger partial charge < -0.3 is 0 Å². The lowest BCUT2D eigenvalue weighted by Gasteiger charge is -2.16. The van der Waals surface area contributed by atoms with E-state index in [2.05, 4.69) is 59.5 Å². The molecule has 0 aliphatic heterocycles. The third-order valence-electron chi connectivity index (χ3n) is 3.71. The van der Waals surface area contributed by atoms with Gasteiger partial charge in [-0.2, -0.15) is 0 Å². The van der Waals surface area contributed by atoms with E-state index in [1.807, 2.05) is 0 Å². The predicted molar refractivity (Wildman–Crippen MR) is 78.0 cm³/mol. The summed E-state index contributed by atoms with van der Waals surface area (Å²) >= 11 is 0. The van der Waals surface area contributed by atoms with Crippen LogP contribution in [0.25, 0.3) is 6.08 Å². The molecule has 88 valence electrons. The second-order valence-corrected chi connectivity index (χ2v) is 8.01. The fraction of sp³-hybridized carbons (Fsp3) is 0.467. The van der Waals surface area contributed by atoms with E-state index < -0.39 is 8.80 Å². The highest BCUT2D eigenvalue weighted by Crippen LogP contribution is 2.26. The van der Waals surface area contributed by atoms with E-state index in [1.54, 1.807) is 0 Å². The van der Waals surface area contributed by atoms with Gasteiger partial charge in [-0.15, -0.1) is 0 Å². The molecule has 0 unspecified atom stereocenters. The van der Waals surface area contributed by atoms with Crippen molar-refractivity contribution in [3.63, 3.8) is 0 Å². The van der Waals surface area contributed by atoms with Crippen LogP contribution in [-0.4, -0.2) is 8.80 Å². The van der Waals surface area contributed by atoms with Crippen molar-refractivity contribution < 1.29 is 0 Å². The largest absolute Gasteiger partial charge is 0.0976 e. The van der Waals surface area contributed by atoms with Crippen molar-refractivity contribution in [1.29, 1.82) is 0 Å². The fourth-order valence-corrected chi connectivity index (χ4v) is 2.65. The van der Waals surface area contributed by atoms with Gasteiger partial charge in [-0.05, 0) is 68.0 Å². The van der Waals surface area contributed by atoms with Crippen molar-refractivity contribution in [3.8, 4) is 0 Å². The van der Waals surface area contributed by atoms with Crippen LogP contribution in [0.1, 0.15) is 33.4 Å². The van der Waals surface area contributed by atoms with Gasteiger partial charge >= 0.3 is 0 Å². The van der Waals surface area contributed by atoms with Crippen molar-refractivity contribution in [2.75, 3.05) is 0 Å². The normalized spacial score (nSPS) is 11.8. The lowest BCUT2D eigenvalue weighted by molar-refractivity contribution is 1.16. The van der Waals surface area contributed by atoms with Crippen LogP contribution in [-0.2, 0) is 0 Å². The van der Waals surface area contributed by atoms with Crippen LogP contribution < -0.4 is 0 Å². The van der Waals surface area contributed by atoms with Crippen LogP contribution in [0, 0.1) is 34.6 Å². The maximum atomic E-state index is 2.42. The second-order valence-electron chi connectivity index (χ2n) is 5.14. The van der Waals surface area contributed by atoms with Gasteiger partial charge in [0.15, 0.2) is 0 Å². The minimum absolute atomic E-state index is 0.606. The molecular formula is C15H24Si. The van der Waals surface area contributed by atoms with E-state index >= 15 is 0 Å². The second kappa shape index (κ2) is 5.01. The van der Waals surface area contributed by atoms with Crippen LogP contribution >= 0.6 is 0 Å². The van der Waals surface area contributed by atoms with Crippen LogP contribution in [0.2, 0.25) is 13.1 Å². The molecule has 0 atom stereocenters. The number of benzene rings is 1. The molecule has 0 aliphatic rings. The van der Waals surface area contributed by atoms with E-state index in [0.717, 1.165) is 0 Å². The van der Waals surface area contributed by atoms with Crippen molar-refractivity contribution in [3.05, 3.63) is 39.1 Å². The molecule has 0 heterocycles. The molecular weight excluding hydrogens is 208 g/mol.